The van der Waals surface area contributed by atoms with Crippen LogP contribution in [-0.4, -0.2) is 56.9 Å². The molecule has 0 unspecified atom stereocenters. The molecule has 0 heterocycles. The number of nitrogens with zero attached hydrogens (tertiary/aromatic N) is 2. The summed E-state index contributed by atoms with van der Waals surface area (Å²) >= 11 is 0. The van der Waals surface area contributed by atoms with Crippen LogP contribution < -0.4 is 8.61 Å². The highest BCUT2D eigenvalue weighted by atomic mass is 32.2. The normalized spacial score (nSPS) is 12.7. The fourth-order valence-corrected chi connectivity index (χ4v) is 8.14. The lowest BCUT2D eigenvalue weighted by Gasteiger charge is -2.21. The van der Waals surface area contributed by atoms with Crippen molar-refractivity contribution < 1.29 is 42.8 Å². The molecule has 2 N–H and O–H groups in total. The van der Waals surface area contributed by atoms with E-state index in [9.17, 15) is 42.8 Å². The molecule has 0 aliphatic heterocycles. The predicted octanol–water partition coefficient (Wildman–Crippen LogP) is 4.62. The highest BCUT2D eigenvalue weighted by Crippen LogP contribution is 2.31. The van der Waals surface area contributed by atoms with Gasteiger partial charge in [-0.2, -0.15) is 16.8 Å². The van der Waals surface area contributed by atoms with Gasteiger partial charge < -0.3 is 0 Å². The largest absolute Gasteiger partial charge is 0.295 e. The molecule has 0 fully saturated rings. The summed E-state index contributed by atoms with van der Waals surface area (Å²) in [7, 11) is -15.6. The van der Waals surface area contributed by atoms with E-state index in [0.717, 1.165) is 44.0 Å². The lowest BCUT2D eigenvalue weighted by molar-refractivity contribution is 0.480. The van der Waals surface area contributed by atoms with Crippen molar-refractivity contribution in [3.05, 3.63) is 107 Å². The van der Waals surface area contributed by atoms with Crippen LogP contribution in [-0.2, 0) is 40.3 Å². The Balaban J connectivity index is 1.74. The molecule has 0 saturated carbocycles. The van der Waals surface area contributed by atoms with Crippen LogP contribution in [0.25, 0.3) is 12.2 Å². The van der Waals surface area contributed by atoms with Gasteiger partial charge >= 0.3 is 0 Å². The van der Waals surface area contributed by atoms with Crippen molar-refractivity contribution in [1.29, 1.82) is 0 Å². The predicted molar refractivity (Wildman–Crippen MR) is 175 cm³/mol. The molecule has 16 heteroatoms. The van der Waals surface area contributed by atoms with Crippen LogP contribution in [0.1, 0.15) is 22.3 Å². The van der Waals surface area contributed by atoms with Crippen molar-refractivity contribution >= 4 is 63.8 Å². The van der Waals surface area contributed by atoms with Crippen molar-refractivity contribution in [2.24, 2.45) is 0 Å². The van der Waals surface area contributed by atoms with E-state index in [1.54, 1.807) is 38.1 Å². The molecule has 0 bridgehead atoms. The molecule has 4 aromatic rings. The first-order chi connectivity index (χ1) is 21.2. The molecule has 0 saturated heterocycles. The number of hydrogen-bond donors (Lipinski definition) is 2. The second-order valence-electron chi connectivity index (χ2n) is 10.3. The van der Waals surface area contributed by atoms with E-state index < -0.39 is 50.1 Å². The van der Waals surface area contributed by atoms with Gasteiger partial charge in [-0.3, -0.25) is 17.7 Å². The summed E-state index contributed by atoms with van der Waals surface area (Å²) in [4.78, 5) is -1.45. The maximum atomic E-state index is 13.1. The van der Waals surface area contributed by atoms with Crippen molar-refractivity contribution in [3.8, 4) is 0 Å². The average molecular weight is 707 g/mol. The lowest BCUT2D eigenvalue weighted by atomic mass is 10.1. The Morgan fingerprint density at radius 2 is 0.804 bits per heavy atom. The topological polar surface area (TPSA) is 183 Å². The molecular formula is C30H30N2O10S4. The summed E-state index contributed by atoms with van der Waals surface area (Å²) in [6, 6.07) is 18.9. The fraction of sp³-hybridized carbons (Fsp3) is 0.133. The molecule has 244 valence electrons. The summed E-state index contributed by atoms with van der Waals surface area (Å²) in [5.74, 6) is 0. The van der Waals surface area contributed by atoms with E-state index in [4.69, 9.17) is 0 Å². The smallest absolute Gasteiger partial charge is 0.282 e. The van der Waals surface area contributed by atoms with E-state index in [1.165, 1.54) is 62.6 Å². The first-order valence-electron chi connectivity index (χ1n) is 13.3. The van der Waals surface area contributed by atoms with Crippen LogP contribution in [0.3, 0.4) is 0 Å². The van der Waals surface area contributed by atoms with Crippen LogP contribution in [0.5, 0.6) is 0 Å². The second kappa shape index (κ2) is 12.6. The molecule has 12 nitrogen and oxygen atoms in total. The number of benzene rings is 4. The van der Waals surface area contributed by atoms with Crippen LogP contribution in [0.2, 0.25) is 0 Å². The summed E-state index contributed by atoms with van der Waals surface area (Å²) in [5.41, 5.74) is 1.20. The lowest BCUT2D eigenvalue weighted by Crippen LogP contribution is -2.26. The van der Waals surface area contributed by atoms with Gasteiger partial charge in [0.15, 0.2) is 0 Å². The number of sulfonamides is 2. The zero-order valence-electron chi connectivity index (χ0n) is 24.9. The van der Waals surface area contributed by atoms with Gasteiger partial charge in [-0.05, 0) is 73.5 Å². The van der Waals surface area contributed by atoms with Gasteiger partial charge in [0.25, 0.3) is 40.3 Å². The Hall–Kier alpha value is -4.06. The van der Waals surface area contributed by atoms with Crippen molar-refractivity contribution in [2.45, 2.75) is 33.4 Å². The minimum absolute atomic E-state index is 0.0449. The molecule has 0 spiro atoms. The molecule has 4 rings (SSSR count). The number of aryl methyl sites for hydroxylation is 2. The molecule has 0 radical (unpaired) electrons. The molecule has 0 aliphatic carbocycles. The molecule has 0 amide bonds. The van der Waals surface area contributed by atoms with Crippen molar-refractivity contribution in [1.82, 2.24) is 0 Å². The standard InChI is InChI=1S/C30H30N2O10S4/c1-21-5-15-27(16-6-21)43(33,34)31(3)25-13-11-23(29(19-25)45(37,38)39)9-10-24-12-14-26(20-30(24)46(40,41)42)32(4)44(35,36)28-17-7-22(2)8-18-28/h5-20H,1-4H3,(H,37,38,39)(H,40,41,42)/b10-9+. The van der Waals surface area contributed by atoms with Crippen molar-refractivity contribution in [3.63, 3.8) is 0 Å². The van der Waals surface area contributed by atoms with E-state index in [-0.39, 0.29) is 32.3 Å². The van der Waals surface area contributed by atoms with Crippen LogP contribution in [0, 0.1) is 13.8 Å². The third kappa shape index (κ3) is 7.32. The fourth-order valence-electron chi connectivity index (χ4n) is 4.35. The molecule has 0 aromatic heterocycles. The van der Waals surface area contributed by atoms with Gasteiger partial charge in [0.1, 0.15) is 9.79 Å². The first kappa shape index (κ1) is 34.8. The van der Waals surface area contributed by atoms with E-state index in [2.05, 4.69) is 0 Å². The summed E-state index contributed by atoms with van der Waals surface area (Å²) in [6.07, 6.45) is 2.27. The highest BCUT2D eigenvalue weighted by Gasteiger charge is 2.26. The Kier molecular flexibility index (Phi) is 9.55. The van der Waals surface area contributed by atoms with Gasteiger partial charge in [0.05, 0.1) is 21.2 Å². The third-order valence-corrected chi connectivity index (χ3v) is 12.5. The molecule has 0 aliphatic rings. The Bertz CT molecular complexity index is 2100. The number of anilines is 2. The number of hydrogen-bond acceptors (Lipinski definition) is 8. The Labute approximate surface area is 268 Å². The second-order valence-corrected chi connectivity index (χ2v) is 17.0. The molecule has 4 aromatic carbocycles. The maximum absolute atomic E-state index is 13.1. The Morgan fingerprint density at radius 3 is 1.09 bits per heavy atom. The minimum Gasteiger partial charge on any atom is -0.282 e. The molecule has 46 heavy (non-hydrogen) atoms. The zero-order valence-corrected chi connectivity index (χ0v) is 28.2. The monoisotopic (exact) mass is 706 g/mol. The molecule has 0 atom stereocenters. The highest BCUT2D eigenvalue weighted by molar-refractivity contribution is 7.93. The van der Waals surface area contributed by atoms with Crippen LogP contribution in [0.4, 0.5) is 11.4 Å². The van der Waals surface area contributed by atoms with Gasteiger partial charge in [-0.1, -0.05) is 59.7 Å². The van der Waals surface area contributed by atoms with E-state index in [0.29, 0.717) is 0 Å². The maximum Gasteiger partial charge on any atom is 0.295 e. The van der Waals surface area contributed by atoms with Gasteiger partial charge in [0.2, 0.25) is 0 Å². The first-order valence-corrected chi connectivity index (χ1v) is 19.0. The van der Waals surface area contributed by atoms with Crippen molar-refractivity contribution in [2.75, 3.05) is 22.7 Å². The third-order valence-electron chi connectivity index (χ3n) is 7.08. The quantitative estimate of drug-likeness (QED) is 0.174. The van der Waals surface area contributed by atoms with Gasteiger partial charge in [0, 0.05) is 14.1 Å². The summed E-state index contributed by atoms with van der Waals surface area (Å²) in [6.45, 7) is 3.57. The average Bonchev–Trinajstić information content (AvgIpc) is 2.98. The SMILES string of the molecule is Cc1ccc(S(=O)(=O)N(C)c2ccc(/C=C/c3ccc(N(C)S(=O)(=O)c4ccc(C)cc4)cc3S(=O)(=O)O)c(S(=O)(=O)O)c2)cc1. The number of rotatable bonds is 10. The summed E-state index contributed by atoms with van der Waals surface area (Å²) < 4.78 is 123. The summed E-state index contributed by atoms with van der Waals surface area (Å²) in [5, 5.41) is 0. The molecular weight excluding hydrogens is 677 g/mol. The van der Waals surface area contributed by atoms with Gasteiger partial charge in [-0.25, -0.2) is 16.8 Å². The van der Waals surface area contributed by atoms with E-state index >= 15 is 0 Å². The van der Waals surface area contributed by atoms with Gasteiger partial charge in [-0.15, -0.1) is 0 Å². The van der Waals surface area contributed by atoms with E-state index in [1.807, 2.05) is 0 Å². The minimum atomic E-state index is -4.93. The Morgan fingerprint density at radius 1 is 0.500 bits per heavy atom. The zero-order chi connectivity index (χ0) is 34.2. The van der Waals surface area contributed by atoms with Crippen LogP contribution in [0.15, 0.2) is 105 Å². The van der Waals surface area contributed by atoms with Crippen LogP contribution >= 0.6 is 0 Å².